The van der Waals surface area contributed by atoms with Crippen molar-refractivity contribution in [1.82, 2.24) is 10.4 Å². The lowest BCUT2D eigenvalue weighted by Crippen LogP contribution is -2.16. The molecule has 1 amide bonds. The molecule has 7 nitrogen and oxygen atoms in total. The molecule has 0 aliphatic carbocycles. The van der Waals surface area contributed by atoms with Gasteiger partial charge in [-0.05, 0) is 32.9 Å². The number of nitrogens with one attached hydrogen (secondary N) is 2. The minimum Gasteiger partial charge on any atom is -0.473 e. The molecule has 0 spiro atoms. The molecule has 25 heavy (non-hydrogen) atoms. The predicted octanol–water partition coefficient (Wildman–Crippen LogP) is 2.60. The minimum atomic E-state index is -0.450. The van der Waals surface area contributed by atoms with Gasteiger partial charge in [0, 0.05) is 10.9 Å². The van der Waals surface area contributed by atoms with Crippen molar-refractivity contribution >= 4 is 34.8 Å². The summed E-state index contributed by atoms with van der Waals surface area (Å²) in [6, 6.07) is 7.39. The maximum atomic E-state index is 12.4. The van der Waals surface area contributed by atoms with Crippen LogP contribution in [0.25, 0.3) is 17.0 Å². The molecule has 1 aliphatic heterocycles. The number of H-pyrrole nitrogens is 1. The van der Waals surface area contributed by atoms with E-state index in [4.69, 9.17) is 9.47 Å². The third-order valence-electron chi connectivity index (χ3n) is 3.58. The van der Waals surface area contributed by atoms with Crippen LogP contribution in [0.2, 0.25) is 0 Å². The average molecular weight is 341 g/mol. The average Bonchev–Trinajstić information content (AvgIpc) is 3.09. The van der Waals surface area contributed by atoms with Crippen molar-refractivity contribution in [3.8, 4) is 0 Å². The van der Waals surface area contributed by atoms with Crippen LogP contribution in [-0.2, 0) is 14.3 Å². The normalized spacial score (nSPS) is 15.6. The van der Waals surface area contributed by atoms with E-state index in [0.29, 0.717) is 11.3 Å². The number of hydrogen-bond acceptors (Lipinski definition) is 5. The van der Waals surface area contributed by atoms with E-state index in [0.717, 1.165) is 10.9 Å². The third kappa shape index (κ3) is 3.26. The molecule has 2 heterocycles. The third-order valence-corrected chi connectivity index (χ3v) is 3.58. The largest absolute Gasteiger partial charge is 0.473 e. The van der Waals surface area contributed by atoms with Crippen LogP contribution in [0.3, 0.4) is 0 Å². The Morgan fingerprint density at radius 2 is 2.08 bits per heavy atom. The zero-order chi connectivity index (χ0) is 18.0. The van der Waals surface area contributed by atoms with Crippen LogP contribution in [0.1, 0.15) is 36.8 Å². The van der Waals surface area contributed by atoms with E-state index in [2.05, 4.69) is 15.5 Å². The van der Waals surface area contributed by atoms with Gasteiger partial charge >= 0.3 is 5.97 Å². The standard InChI is InChI=1S/C18H19N3O4/c1-4-24-18(23)15-11-7-5-6-8-13(11)19-14(15)9-12-16(22)20-21-17(12)25-10(2)3/h5-10,19H,4H2,1-3H3,(H,20,22). The first-order chi connectivity index (χ1) is 12.0. The molecule has 1 aliphatic rings. The number of aromatic nitrogens is 1. The molecule has 0 saturated carbocycles. The summed E-state index contributed by atoms with van der Waals surface area (Å²) in [6.07, 6.45) is 1.43. The number of hydrogen-bond donors (Lipinski definition) is 2. The van der Waals surface area contributed by atoms with E-state index in [1.807, 2.05) is 38.1 Å². The highest BCUT2D eigenvalue weighted by Crippen LogP contribution is 2.26. The van der Waals surface area contributed by atoms with Gasteiger partial charge < -0.3 is 14.5 Å². The van der Waals surface area contributed by atoms with E-state index >= 15 is 0 Å². The topological polar surface area (TPSA) is 92.8 Å². The Bertz CT molecular complexity index is 893. The number of amides is 1. The molecular formula is C18H19N3O4. The Morgan fingerprint density at radius 1 is 1.32 bits per heavy atom. The highest BCUT2D eigenvalue weighted by atomic mass is 16.5. The van der Waals surface area contributed by atoms with Crippen LogP contribution in [0.4, 0.5) is 0 Å². The molecule has 130 valence electrons. The van der Waals surface area contributed by atoms with Gasteiger partial charge in [0.1, 0.15) is 5.57 Å². The summed E-state index contributed by atoms with van der Waals surface area (Å²) in [7, 11) is 0. The number of esters is 1. The molecule has 2 aromatic rings. The fourth-order valence-electron chi connectivity index (χ4n) is 2.60. The van der Waals surface area contributed by atoms with Gasteiger partial charge in [-0.1, -0.05) is 18.2 Å². The molecule has 0 radical (unpaired) electrons. The van der Waals surface area contributed by atoms with E-state index in [1.165, 1.54) is 0 Å². The molecule has 0 unspecified atom stereocenters. The van der Waals surface area contributed by atoms with Gasteiger partial charge in [0.05, 0.1) is 24.0 Å². The molecule has 0 atom stereocenters. The van der Waals surface area contributed by atoms with Gasteiger partial charge in [-0.25, -0.2) is 10.2 Å². The fraction of sp³-hybridized carbons (Fsp3) is 0.278. The number of hydrazone groups is 1. The molecule has 2 N–H and O–H groups in total. The summed E-state index contributed by atoms with van der Waals surface area (Å²) in [5.41, 5.74) is 4.27. The first kappa shape index (κ1) is 16.8. The number of rotatable bonds is 4. The maximum Gasteiger partial charge on any atom is 0.340 e. The second-order valence-electron chi connectivity index (χ2n) is 5.76. The van der Waals surface area contributed by atoms with E-state index < -0.39 is 5.97 Å². The summed E-state index contributed by atoms with van der Waals surface area (Å²) >= 11 is 0. The van der Waals surface area contributed by atoms with Crippen LogP contribution in [-0.4, -0.2) is 35.5 Å². The quantitative estimate of drug-likeness (QED) is 0.660. The lowest BCUT2D eigenvalue weighted by molar-refractivity contribution is -0.116. The zero-order valence-corrected chi connectivity index (χ0v) is 14.3. The summed E-state index contributed by atoms with van der Waals surface area (Å²) in [5.74, 6) is -0.633. The Hall–Kier alpha value is -3.09. The second kappa shape index (κ2) is 6.80. The van der Waals surface area contributed by atoms with Crippen LogP contribution >= 0.6 is 0 Å². The van der Waals surface area contributed by atoms with Crippen LogP contribution in [0.15, 0.2) is 34.9 Å². The minimum absolute atomic E-state index is 0.137. The van der Waals surface area contributed by atoms with Crippen molar-refractivity contribution in [2.75, 3.05) is 6.61 Å². The Labute approximate surface area is 144 Å². The molecule has 1 aromatic carbocycles. The van der Waals surface area contributed by atoms with Gasteiger partial charge in [0.25, 0.3) is 5.91 Å². The predicted molar refractivity (Wildman–Crippen MR) is 94.0 cm³/mol. The molecule has 0 saturated heterocycles. The van der Waals surface area contributed by atoms with Crippen LogP contribution in [0.5, 0.6) is 0 Å². The smallest absolute Gasteiger partial charge is 0.340 e. The lowest BCUT2D eigenvalue weighted by atomic mass is 10.1. The summed E-state index contributed by atoms with van der Waals surface area (Å²) in [4.78, 5) is 27.7. The molecule has 0 fully saturated rings. The van der Waals surface area contributed by atoms with Crippen molar-refractivity contribution < 1.29 is 19.1 Å². The maximum absolute atomic E-state index is 12.4. The molecule has 3 rings (SSSR count). The molecule has 1 aromatic heterocycles. The van der Waals surface area contributed by atoms with Crippen molar-refractivity contribution in [3.63, 3.8) is 0 Å². The molecular weight excluding hydrogens is 322 g/mol. The monoisotopic (exact) mass is 341 g/mol. The van der Waals surface area contributed by atoms with E-state index in [-0.39, 0.29) is 30.1 Å². The number of nitrogens with zero attached hydrogens (tertiary/aromatic N) is 1. The van der Waals surface area contributed by atoms with Crippen molar-refractivity contribution in [2.45, 2.75) is 26.9 Å². The lowest BCUT2D eigenvalue weighted by Gasteiger charge is -2.08. The summed E-state index contributed by atoms with van der Waals surface area (Å²) < 4.78 is 10.7. The number of benzene rings is 1. The fourth-order valence-corrected chi connectivity index (χ4v) is 2.60. The van der Waals surface area contributed by atoms with Gasteiger partial charge in [-0.3, -0.25) is 4.79 Å². The van der Waals surface area contributed by atoms with Crippen LogP contribution < -0.4 is 5.43 Å². The number of para-hydroxylation sites is 1. The number of ether oxygens (including phenoxy) is 2. The summed E-state index contributed by atoms with van der Waals surface area (Å²) in [6.45, 7) is 5.69. The van der Waals surface area contributed by atoms with Crippen molar-refractivity contribution in [2.24, 2.45) is 5.10 Å². The zero-order valence-electron chi connectivity index (χ0n) is 14.3. The van der Waals surface area contributed by atoms with Gasteiger partial charge in [0.2, 0.25) is 5.90 Å². The van der Waals surface area contributed by atoms with E-state index in [1.54, 1.807) is 13.0 Å². The molecule has 7 heteroatoms. The second-order valence-corrected chi connectivity index (χ2v) is 5.76. The van der Waals surface area contributed by atoms with Gasteiger partial charge in [0.15, 0.2) is 0 Å². The van der Waals surface area contributed by atoms with Gasteiger partial charge in [-0.15, -0.1) is 5.10 Å². The summed E-state index contributed by atoms with van der Waals surface area (Å²) in [5, 5.41) is 4.63. The Balaban J connectivity index is 2.11. The number of aromatic amines is 1. The number of carbonyl (C=O) groups is 2. The first-order valence-electron chi connectivity index (χ1n) is 8.05. The van der Waals surface area contributed by atoms with Gasteiger partial charge in [-0.2, -0.15) is 0 Å². The van der Waals surface area contributed by atoms with Crippen LogP contribution in [0, 0.1) is 0 Å². The first-order valence-corrected chi connectivity index (χ1v) is 8.05. The van der Waals surface area contributed by atoms with Crippen molar-refractivity contribution in [1.29, 1.82) is 0 Å². The highest BCUT2D eigenvalue weighted by Gasteiger charge is 2.27. The Kier molecular flexibility index (Phi) is 4.56. The Morgan fingerprint density at radius 3 is 2.80 bits per heavy atom. The molecule has 0 bridgehead atoms. The van der Waals surface area contributed by atoms with E-state index in [9.17, 15) is 9.59 Å². The number of carbonyl (C=O) groups excluding carboxylic acids is 2. The van der Waals surface area contributed by atoms with Crippen molar-refractivity contribution in [3.05, 3.63) is 41.1 Å². The highest BCUT2D eigenvalue weighted by molar-refractivity contribution is 6.25. The number of fused-ring (bicyclic) bond motifs is 1. The SMILES string of the molecule is CCOC(=O)c1c(C=C2C(=O)NN=C2OC(C)C)[nH]c2ccccc12.